The van der Waals surface area contributed by atoms with Gasteiger partial charge in [0.25, 0.3) is 0 Å². The van der Waals surface area contributed by atoms with Crippen molar-refractivity contribution in [1.82, 2.24) is 19.2 Å². The number of benzene rings is 1. The van der Waals surface area contributed by atoms with Crippen LogP contribution in [0.25, 0.3) is 16.6 Å². The Balaban J connectivity index is 1.80. The molecule has 0 atom stereocenters. The summed E-state index contributed by atoms with van der Waals surface area (Å²) in [5.74, 6) is 0.0843. The van der Waals surface area contributed by atoms with E-state index in [-0.39, 0.29) is 18.1 Å². The van der Waals surface area contributed by atoms with Crippen molar-refractivity contribution >= 4 is 28.3 Å². The Kier molecular flexibility index (Phi) is 3.99. The molecule has 136 valence electrons. The number of carbonyl (C=O) groups excluding carboxylic acids is 1. The molecular formula is C20H19N5O2. The molecular weight excluding hydrogens is 342 g/mol. The van der Waals surface area contributed by atoms with E-state index in [0.29, 0.717) is 11.5 Å². The van der Waals surface area contributed by atoms with E-state index in [9.17, 15) is 9.59 Å². The van der Waals surface area contributed by atoms with Crippen LogP contribution in [-0.4, -0.2) is 25.1 Å². The van der Waals surface area contributed by atoms with E-state index in [2.05, 4.69) is 15.4 Å². The molecule has 7 nitrogen and oxygen atoms in total. The third-order valence-electron chi connectivity index (χ3n) is 4.49. The van der Waals surface area contributed by atoms with Crippen LogP contribution in [0.15, 0.2) is 47.4 Å². The van der Waals surface area contributed by atoms with E-state index >= 15 is 0 Å². The monoisotopic (exact) mass is 361 g/mol. The summed E-state index contributed by atoms with van der Waals surface area (Å²) in [6, 6.07) is 11.3. The fourth-order valence-corrected chi connectivity index (χ4v) is 3.43. The largest absolute Gasteiger partial charge is 0.351 e. The second-order valence-corrected chi connectivity index (χ2v) is 6.71. The highest BCUT2D eigenvalue weighted by Gasteiger charge is 2.16. The van der Waals surface area contributed by atoms with Crippen molar-refractivity contribution in [1.29, 1.82) is 0 Å². The maximum absolute atomic E-state index is 13.0. The maximum atomic E-state index is 13.0. The summed E-state index contributed by atoms with van der Waals surface area (Å²) < 4.78 is 2.78. The molecule has 0 unspecified atom stereocenters. The highest BCUT2D eigenvalue weighted by molar-refractivity contribution is 5.90. The van der Waals surface area contributed by atoms with Gasteiger partial charge in [-0.1, -0.05) is 17.7 Å². The maximum Gasteiger partial charge on any atom is 0.351 e. The summed E-state index contributed by atoms with van der Waals surface area (Å²) in [5, 5.41) is 8.05. The highest BCUT2D eigenvalue weighted by atomic mass is 16.2. The lowest BCUT2D eigenvalue weighted by molar-refractivity contribution is -0.117. The van der Waals surface area contributed by atoms with Crippen molar-refractivity contribution in [3.8, 4) is 0 Å². The van der Waals surface area contributed by atoms with E-state index in [1.807, 2.05) is 39.0 Å². The predicted molar refractivity (Wildman–Crippen MR) is 104 cm³/mol. The van der Waals surface area contributed by atoms with Gasteiger partial charge in [-0.3, -0.25) is 4.79 Å². The zero-order chi connectivity index (χ0) is 19.1. The minimum atomic E-state index is -0.353. The molecule has 3 aromatic heterocycles. The van der Waals surface area contributed by atoms with Gasteiger partial charge in [-0.15, -0.1) is 5.10 Å². The number of aryl methyl sites for hydroxylation is 3. The second kappa shape index (κ2) is 6.35. The lowest BCUT2D eigenvalue weighted by Gasteiger charge is -2.08. The van der Waals surface area contributed by atoms with Crippen molar-refractivity contribution in [2.75, 3.05) is 5.32 Å². The van der Waals surface area contributed by atoms with E-state index in [1.165, 1.54) is 4.68 Å². The van der Waals surface area contributed by atoms with Gasteiger partial charge in [0.15, 0.2) is 5.65 Å². The molecule has 0 bridgehead atoms. The number of anilines is 1. The molecule has 0 aliphatic rings. The molecule has 3 heterocycles. The number of fused-ring (bicyclic) bond motifs is 3. The third kappa shape index (κ3) is 2.97. The van der Waals surface area contributed by atoms with Crippen LogP contribution in [-0.2, 0) is 11.3 Å². The Morgan fingerprint density at radius 2 is 1.93 bits per heavy atom. The molecule has 1 amide bonds. The molecule has 4 aromatic rings. The Morgan fingerprint density at radius 1 is 1.11 bits per heavy atom. The number of rotatable bonds is 3. The minimum Gasteiger partial charge on any atom is -0.309 e. The van der Waals surface area contributed by atoms with Crippen LogP contribution in [0, 0.1) is 20.8 Å². The van der Waals surface area contributed by atoms with Crippen LogP contribution in [0.3, 0.4) is 0 Å². The quantitative estimate of drug-likeness (QED) is 0.608. The van der Waals surface area contributed by atoms with Gasteiger partial charge in [0.05, 0.1) is 5.52 Å². The average molecular weight is 361 g/mol. The zero-order valence-electron chi connectivity index (χ0n) is 15.4. The van der Waals surface area contributed by atoms with Gasteiger partial charge in [0.1, 0.15) is 12.4 Å². The number of hydrogen-bond donors (Lipinski definition) is 1. The van der Waals surface area contributed by atoms with Gasteiger partial charge in [-0.2, -0.15) is 0 Å². The van der Waals surface area contributed by atoms with E-state index in [0.717, 1.165) is 27.6 Å². The molecule has 7 heteroatoms. The van der Waals surface area contributed by atoms with Crippen LogP contribution in [0.1, 0.15) is 16.7 Å². The molecule has 0 saturated carbocycles. The second-order valence-electron chi connectivity index (χ2n) is 6.71. The van der Waals surface area contributed by atoms with Crippen molar-refractivity contribution in [3.05, 3.63) is 69.8 Å². The number of pyridine rings is 2. The van der Waals surface area contributed by atoms with Crippen LogP contribution in [0.4, 0.5) is 5.82 Å². The standard InChI is InChI=1S/C20H19N5O2/c1-12-8-13(2)18-15(9-12)10-14(3)19-23-24(20(27)25(18)19)11-17(26)22-16-6-4-5-7-21-16/h4-10H,11H2,1-3H3,(H,21,22,26). The molecule has 0 aliphatic heterocycles. The first-order valence-corrected chi connectivity index (χ1v) is 8.65. The highest BCUT2D eigenvalue weighted by Crippen LogP contribution is 2.23. The lowest BCUT2D eigenvalue weighted by Crippen LogP contribution is -2.28. The fraction of sp³-hybridized carbons (Fsp3) is 0.200. The van der Waals surface area contributed by atoms with Gasteiger partial charge >= 0.3 is 5.69 Å². The van der Waals surface area contributed by atoms with Crippen LogP contribution < -0.4 is 11.0 Å². The molecule has 1 aromatic carbocycles. The van der Waals surface area contributed by atoms with Gasteiger partial charge in [0.2, 0.25) is 5.91 Å². The molecule has 0 aliphatic carbocycles. The van der Waals surface area contributed by atoms with Crippen LogP contribution in [0.5, 0.6) is 0 Å². The first kappa shape index (κ1) is 17.0. The van der Waals surface area contributed by atoms with E-state index < -0.39 is 0 Å². The van der Waals surface area contributed by atoms with Crippen molar-refractivity contribution in [2.24, 2.45) is 0 Å². The molecule has 4 rings (SSSR count). The molecule has 1 N–H and O–H groups in total. The number of aromatic nitrogens is 4. The summed E-state index contributed by atoms with van der Waals surface area (Å²) in [7, 11) is 0. The van der Waals surface area contributed by atoms with Gasteiger partial charge in [0, 0.05) is 6.20 Å². The van der Waals surface area contributed by atoms with Crippen molar-refractivity contribution in [3.63, 3.8) is 0 Å². The normalized spacial score (nSPS) is 11.2. The number of nitrogens with one attached hydrogen (secondary N) is 1. The first-order chi connectivity index (χ1) is 12.9. The Hall–Kier alpha value is -3.48. The van der Waals surface area contributed by atoms with Gasteiger partial charge < -0.3 is 5.32 Å². The predicted octanol–water partition coefficient (Wildman–Crippen LogP) is 2.61. The van der Waals surface area contributed by atoms with Gasteiger partial charge in [-0.25, -0.2) is 18.9 Å². The Bertz CT molecular complexity index is 1240. The Labute approximate surface area is 155 Å². The summed E-state index contributed by atoms with van der Waals surface area (Å²) in [4.78, 5) is 29.4. The number of nitrogens with zero attached hydrogens (tertiary/aromatic N) is 4. The molecule has 0 radical (unpaired) electrons. The number of amides is 1. The van der Waals surface area contributed by atoms with Crippen LogP contribution in [0.2, 0.25) is 0 Å². The minimum absolute atomic E-state index is 0.178. The van der Waals surface area contributed by atoms with Gasteiger partial charge in [-0.05, 0) is 61.5 Å². The van der Waals surface area contributed by atoms with E-state index in [4.69, 9.17) is 0 Å². The lowest BCUT2D eigenvalue weighted by atomic mass is 10.1. The first-order valence-electron chi connectivity index (χ1n) is 8.65. The van der Waals surface area contributed by atoms with Crippen LogP contribution >= 0.6 is 0 Å². The molecule has 0 saturated heterocycles. The summed E-state index contributed by atoms with van der Waals surface area (Å²) >= 11 is 0. The Morgan fingerprint density at radius 3 is 2.67 bits per heavy atom. The summed E-state index contributed by atoms with van der Waals surface area (Å²) in [6.07, 6.45) is 1.59. The van der Waals surface area contributed by atoms with Crippen molar-refractivity contribution < 1.29 is 4.79 Å². The number of hydrogen-bond acceptors (Lipinski definition) is 4. The zero-order valence-corrected chi connectivity index (χ0v) is 15.4. The summed E-state index contributed by atoms with van der Waals surface area (Å²) in [5.41, 5.74) is 4.06. The molecule has 0 spiro atoms. The fourth-order valence-electron chi connectivity index (χ4n) is 3.43. The smallest absolute Gasteiger partial charge is 0.309 e. The van der Waals surface area contributed by atoms with E-state index in [1.54, 1.807) is 28.8 Å². The summed E-state index contributed by atoms with van der Waals surface area (Å²) in [6.45, 7) is 5.74. The van der Waals surface area contributed by atoms with Crippen molar-refractivity contribution in [2.45, 2.75) is 27.3 Å². The molecule has 27 heavy (non-hydrogen) atoms. The number of carbonyl (C=O) groups is 1. The topological polar surface area (TPSA) is 81.3 Å². The SMILES string of the molecule is Cc1cc(C)c2c(c1)cc(C)c1nn(CC(=O)Nc3ccccn3)c(=O)n12. The third-order valence-corrected chi connectivity index (χ3v) is 4.49. The average Bonchev–Trinajstić information content (AvgIpc) is 2.92. The molecule has 0 fully saturated rings.